The maximum absolute atomic E-state index is 12.9. The molecule has 1 amide bonds. The number of hydrogen-bond acceptors (Lipinski definition) is 22. The van der Waals surface area contributed by atoms with E-state index in [0.29, 0.717) is 0 Å². The minimum absolute atomic E-state index is 0.324. The fourth-order valence-electron chi connectivity index (χ4n) is 7.85. The smallest absolute Gasteiger partial charge is 0.217 e. The number of carbonyl (C=O) groups excluding carboxylic acids is 1. The van der Waals surface area contributed by atoms with Crippen LogP contribution in [0, 0.1) is 5.92 Å². The zero-order chi connectivity index (χ0) is 43.3. The Hall–Kier alpha value is -1.37. The molecule has 24 atom stereocenters. The monoisotopic (exact) mass is 849 g/mol. The van der Waals surface area contributed by atoms with Crippen molar-refractivity contribution in [3.63, 3.8) is 0 Å². The molecule has 0 bridgehead atoms. The number of carbonyl (C=O) groups is 1. The highest BCUT2D eigenvalue weighted by molar-refractivity contribution is 5.73. The summed E-state index contributed by atoms with van der Waals surface area (Å²) in [6.07, 6.45) is -33.3. The van der Waals surface area contributed by atoms with Crippen molar-refractivity contribution in [1.82, 2.24) is 5.32 Å². The van der Waals surface area contributed by atoms with Gasteiger partial charge in [0.05, 0.1) is 63.1 Å². The number of amides is 1. The topological polar surface area (TPSA) is 366 Å². The Balaban J connectivity index is 1.77. The normalized spacial score (nSPS) is 45.9. The van der Waals surface area contributed by atoms with Crippen LogP contribution >= 0.6 is 0 Å². The Bertz CT molecular complexity index is 1260. The highest BCUT2D eigenvalue weighted by Gasteiger charge is 2.56. The van der Waals surface area contributed by atoms with Gasteiger partial charge in [0.15, 0.2) is 18.9 Å². The van der Waals surface area contributed by atoms with E-state index in [4.69, 9.17) is 37.9 Å². The number of aliphatic hydroxyl groups excluding tert-OH is 13. The fourth-order valence-corrected chi connectivity index (χ4v) is 7.85. The van der Waals surface area contributed by atoms with E-state index in [1.165, 1.54) is 27.7 Å². The second-order valence-electron chi connectivity index (χ2n) is 15.4. The minimum atomic E-state index is -1.88. The van der Waals surface area contributed by atoms with Crippen molar-refractivity contribution in [3.05, 3.63) is 0 Å². The molecule has 0 aromatic heterocycles. The van der Waals surface area contributed by atoms with Gasteiger partial charge in [0.1, 0.15) is 85.4 Å². The highest BCUT2D eigenvalue weighted by atomic mass is 16.8. The lowest BCUT2D eigenvalue weighted by molar-refractivity contribution is -0.369. The Morgan fingerprint density at radius 3 is 1.76 bits per heavy atom. The maximum atomic E-state index is 12.9. The zero-order valence-corrected chi connectivity index (χ0v) is 32.9. The van der Waals surface area contributed by atoms with Crippen molar-refractivity contribution in [2.45, 2.75) is 182 Å². The Labute approximate surface area is 334 Å². The van der Waals surface area contributed by atoms with Crippen LogP contribution < -0.4 is 5.32 Å². The molecule has 0 aromatic rings. The third kappa shape index (κ3) is 11.2. The molecule has 4 saturated heterocycles. The van der Waals surface area contributed by atoms with E-state index in [0.717, 1.165) is 6.92 Å². The summed E-state index contributed by atoms with van der Waals surface area (Å²) in [5.74, 6) is -1.89. The molecule has 0 radical (unpaired) electrons. The number of hydrogen-bond donors (Lipinski definition) is 14. The predicted octanol–water partition coefficient (Wildman–Crippen LogP) is -7.35. The van der Waals surface area contributed by atoms with Gasteiger partial charge in [-0.25, -0.2) is 0 Å². The number of ether oxygens (including phenoxy) is 8. The van der Waals surface area contributed by atoms with Gasteiger partial charge in [-0.1, -0.05) is 0 Å². The van der Waals surface area contributed by atoms with Crippen LogP contribution in [0.15, 0.2) is 0 Å². The highest BCUT2D eigenvalue weighted by Crippen LogP contribution is 2.39. The van der Waals surface area contributed by atoms with Crippen LogP contribution in [0.4, 0.5) is 0 Å². The first-order chi connectivity index (χ1) is 27.3. The molecule has 0 saturated carbocycles. The lowest BCUT2D eigenvalue weighted by Gasteiger charge is -2.52. The molecule has 14 N–H and O–H groups in total. The molecule has 4 fully saturated rings. The summed E-state index contributed by atoms with van der Waals surface area (Å²) < 4.78 is 47.7. The van der Waals surface area contributed by atoms with E-state index >= 15 is 0 Å². The molecule has 4 heterocycles. The third-order valence-corrected chi connectivity index (χ3v) is 11.2. The quantitative estimate of drug-likeness (QED) is 0.0605. The molecule has 22 unspecified atom stereocenters. The van der Waals surface area contributed by atoms with Gasteiger partial charge < -0.3 is 110 Å². The first-order valence-electron chi connectivity index (χ1n) is 19.4. The van der Waals surface area contributed by atoms with Crippen molar-refractivity contribution in [2.75, 3.05) is 26.4 Å². The van der Waals surface area contributed by atoms with Crippen molar-refractivity contribution in [3.8, 4) is 0 Å². The standard InChI is InChI=1S/C35H63NO22/c1-11(23(43)17(42)7-37)51-15(5)54-33-30(50)27(47)20(9-39)56-35(33)57-31-16(6-18-26(46)29(49)24(44)12(2)52-18)19(8-38)55-34(22(31)36-14(4)41)58-32-25(45)13(3)53-21(10-40)28(32)48/h11-13,15-35,37-40,42-50H,6-10H2,1-5H3,(H,36,41)/t11?,12?,13?,15-,16?,17+,18?,19?,20?,21?,22?,23?,24?,25?,26?,27?,28?,29?,30?,31?,32?,33?,34?,35?/m0/s1. The molecular formula is C35H63NO22. The minimum Gasteiger partial charge on any atom is -0.394 e. The van der Waals surface area contributed by atoms with E-state index in [1.54, 1.807) is 0 Å². The summed E-state index contributed by atoms with van der Waals surface area (Å²) in [6, 6.07) is -1.49. The largest absolute Gasteiger partial charge is 0.394 e. The second kappa shape index (κ2) is 21.6. The van der Waals surface area contributed by atoms with Gasteiger partial charge in [-0.2, -0.15) is 0 Å². The molecule has 4 rings (SSSR count). The summed E-state index contributed by atoms with van der Waals surface area (Å²) >= 11 is 0. The molecule has 23 heteroatoms. The molecule has 0 spiro atoms. The summed E-state index contributed by atoms with van der Waals surface area (Å²) in [6.45, 7) is 3.62. The van der Waals surface area contributed by atoms with Gasteiger partial charge in [-0.3, -0.25) is 4.79 Å². The fraction of sp³-hybridized carbons (Fsp3) is 0.971. The van der Waals surface area contributed by atoms with Crippen molar-refractivity contribution in [2.24, 2.45) is 5.92 Å². The summed E-state index contributed by atoms with van der Waals surface area (Å²) in [5, 5.41) is 139. The molecule has 23 nitrogen and oxygen atoms in total. The van der Waals surface area contributed by atoms with Gasteiger partial charge in [0.25, 0.3) is 0 Å². The summed E-state index contributed by atoms with van der Waals surface area (Å²) in [5.41, 5.74) is 0. The van der Waals surface area contributed by atoms with E-state index in [9.17, 15) is 71.2 Å². The van der Waals surface area contributed by atoms with Gasteiger partial charge in [0, 0.05) is 12.8 Å². The van der Waals surface area contributed by atoms with Crippen LogP contribution in [0.5, 0.6) is 0 Å². The number of aliphatic hydroxyl groups is 13. The van der Waals surface area contributed by atoms with Crippen molar-refractivity contribution in [1.29, 1.82) is 0 Å². The van der Waals surface area contributed by atoms with Crippen LogP contribution in [-0.2, 0) is 42.7 Å². The van der Waals surface area contributed by atoms with Crippen molar-refractivity contribution < 1.29 is 109 Å². The third-order valence-electron chi connectivity index (χ3n) is 11.2. The van der Waals surface area contributed by atoms with Gasteiger partial charge in [-0.05, 0) is 34.1 Å². The first-order valence-corrected chi connectivity index (χ1v) is 19.4. The van der Waals surface area contributed by atoms with Crippen LogP contribution in [-0.4, -0.2) is 240 Å². The molecular weight excluding hydrogens is 786 g/mol. The molecule has 340 valence electrons. The van der Waals surface area contributed by atoms with E-state index < -0.39 is 179 Å². The molecule has 4 aliphatic heterocycles. The van der Waals surface area contributed by atoms with Crippen LogP contribution in [0.3, 0.4) is 0 Å². The van der Waals surface area contributed by atoms with Gasteiger partial charge in [-0.15, -0.1) is 0 Å². The van der Waals surface area contributed by atoms with Crippen molar-refractivity contribution >= 4 is 5.91 Å². The summed E-state index contributed by atoms with van der Waals surface area (Å²) in [7, 11) is 0. The summed E-state index contributed by atoms with van der Waals surface area (Å²) in [4.78, 5) is 12.9. The molecule has 0 aromatic carbocycles. The van der Waals surface area contributed by atoms with Crippen LogP contribution in [0.25, 0.3) is 0 Å². The lowest BCUT2D eigenvalue weighted by atomic mass is 9.80. The molecule has 58 heavy (non-hydrogen) atoms. The Morgan fingerprint density at radius 1 is 0.638 bits per heavy atom. The van der Waals surface area contributed by atoms with Gasteiger partial charge in [0.2, 0.25) is 5.91 Å². The second-order valence-corrected chi connectivity index (χ2v) is 15.4. The molecule has 4 aliphatic rings. The van der Waals surface area contributed by atoms with E-state index in [2.05, 4.69) is 5.32 Å². The van der Waals surface area contributed by atoms with Crippen LogP contribution in [0.1, 0.15) is 41.0 Å². The van der Waals surface area contributed by atoms with E-state index in [-0.39, 0.29) is 6.42 Å². The maximum Gasteiger partial charge on any atom is 0.217 e. The number of rotatable bonds is 17. The first kappa shape index (κ1) is 49.3. The van der Waals surface area contributed by atoms with Gasteiger partial charge >= 0.3 is 0 Å². The lowest BCUT2D eigenvalue weighted by Crippen LogP contribution is -2.69. The average Bonchev–Trinajstić information content (AvgIpc) is 3.19. The zero-order valence-electron chi connectivity index (χ0n) is 32.9. The number of nitrogens with one attached hydrogen (secondary N) is 1. The predicted molar refractivity (Wildman–Crippen MR) is 189 cm³/mol. The molecule has 0 aliphatic carbocycles. The van der Waals surface area contributed by atoms with E-state index in [1.807, 2.05) is 0 Å². The van der Waals surface area contributed by atoms with Crippen LogP contribution in [0.2, 0.25) is 0 Å². The Kier molecular flexibility index (Phi) is 18.4. The Morgan fingerprint density at radius 2 is 1.17 bits per heavy atom. The SMILES string of the molecule is CC(=O)NC1C(OC2C(O)C(C)OC(CO)C2O)OC(CO)C(CC2OC(C)C(O)C(O)C2O)C1OC1OC(CO)C(O)C(O)C1O[C@@H](C)OC(C)C(O)[C@H](O)CO. The average molecular weight is 850 g/mol.